The largest absolute Gasteiger partial charge is 0.491 e. The second-order valence-corrected chi connectivity index (χ2v) is 7.33. The van der Waals surface area contributed by atoms with Crippen LogP contribution < -0.4 is 4.74 Å². The lowest BCUT2D eigenvalue weighted by atomic mass is 9.99. The number of hydrogen-bond acceptors (Lipinski definition) is 6. The summed E-state index contributed by atoms with van der Waals surface area (Å²) in [5.74, 6) is 0.972. The number of carbonyl (C=O) groups excluding carboxylic acids is 1. The predicted molar refractivity (Wildman–Crippen MR) is 105 cm³/mol. The summed E-state index contributed by atoms with van der Waals surface area (Å²) >= 11 is 0. The van der Waals surface area contributed by atoms with E-state index in [0.717, 1.165) is 12.0 Å². The number of nitrogens with zero attached hydrogens (tertiary/aromatic N) is 4. The van der Waals surface area contributed by atoms with Crippen molar-refractivity contribution in [2.75, 3.05) is 19.7 Å². The minimum absolute atomic E-state index is 0.0379. The average molecular weight is 411 g/mol. The number of rotatable bonds is 7. The molecule has 1 saturated heterocycles. The van der Waals surface area contributed by atoms with Crippen LogP contribution >= 0.6 is 0 Å². The Morgan fingerprint density at radius 1 is 1.23 bits per heavy atom. The van der Waals surface area contributed by atoms with Crippen LogP contribution in [0.15, 0.2) is 48.5 Å². The number of halogens is 1. The molecule has 2 heterocycles. The van der Waals surface area contributed by atoms with E-state index in [0.29, 0.717) is 30.2 Å². The fraction of sp³-hybridized carbons (Fsp3) is 0.333. The molecule has 30 heavy (non-hydrogen) atoms. The molecule has 1 amide bonds. The minimum Gasteiger partial charge on any atom is -0.491 e. The van der Waals surface area contributed by atoms with Crippen molar-refractivity contribution >= 4 is 5.91 Å². The van der Waals surface area contributed by atoms with Crippen molar-refractivity contribution in [1.29, 1.82) is 0 Å². The summed E-state index contributed by atoms with van der Waals surface area (Å²) in [6, 6.07) is 13.3. The summed E-state index contributed by atoms with van der Waals surface area (Å²) in [5.41, 5.74) is 1.63. The summed E-state index contributed by atoms with van der Waals surface area (Å²) in [6.07, 6.45) is 0.360. The summed E-state index contributed by atoms with van der Waals surface area (Å²) < 4.78 is 18.7. The first-order chi connectivity index (χ1) is 14.6. The van der Waals surface area contributed by atoms with Crippen LogP contribution in [-0.4, -0.2) is 62.3 Å². The lowest BCUT2D eigenvalue weighted by Crippen LogP contribution is -2.28. The number of nitrogens with one attached hydrogen (secondary N) is 1. The number of carbonyl (C=O) groups is 1. The van der Waals surface area contributed by atoms with Crippen LogP contribution in [-0.2, 0) is 6.42 Å². The van der Waals surface area contributed by atoms with Gasteiger partial charge in [0.25, 0.3) is 5.91 Å². The van der Waals surface area contributed by atoms with Crippen LogP contribution in [0.5, 0.6) is 5.75 Å². The van der Waals surface area contributed by atoms with E-state index in [1.54, 1.807) is 36.4 Å². The van der Waals surface area contributed by atoms with Gasteiger partial charge >= 0.3 is 0 Å². The van der Waals surface area contributed by atoms with Crippen LogP contribution in [0.3, 0.4) is 0 Å². The van der Waals surface area contributed by atoms with E-state index in [1.165, 1.54) is 12.1 Å². The fourth-order valence-electron chi connectivity index (χ4n) is 3.57. The maximum atomic E-state index is 13.1. The molecule has 8 nitrogen and oxygen atoms in total. The number of tetrazole rings is 1. The molecule has 0 bridgehead atoms. The van der Waals surface area contributed by atoms with Crippen molar-refractivity contribution in [2.24, 2.45) is 0 Å². The lowest BCUT2D eigenvalue weighted by molar-refractivity contribution is 0.0790. The van der Waals surface area contributed by atoms with Gasteiger partial charge in [0, 0.05) is 31.0 Å². The van der Waals surface area contributed by atoms with Gasteiger partial charge in [0.1, 0.15) is 18.2 Å². The van der Waals surface area contributed by atoms with Crippen LogP contribution in [0.25, 0.3) is 0 Å². The summed E-state index contributed by atoms with van der Waals surface area (Å²) in [5, 5.41) is 23.2. The highest BCUT2D eigenvalue weighted by molar-refractivity contribution is 5.94. The van der Waals surface area contributed by atoms with E-state index in [9.17, 15) is 14.3 Å². The highest BCUT2D eigenvalue weighted by Gasteiger charge is 2.28. The normalized spacial score (nSPS) is 17.1. The number of hydrogen-bond donors (Lipinski definition) is 2. The molecule has 9 heteroatoms. The predicted octanol–water partition coefficient (Wildman–Crippen LogP) is 1.95. The molecule has 156 valence electrons. The maximum absolute atomic E-state index is 13.1. The van der Waals surface area contributed by atoms with Gasteiger partial charge in [-0.2, -0.15) is 0 Å². The van der Waals surface area contributed by atoms with Crippen LogP contribution in [0, 0.1) is 5.82 Å². The first-order valence-corrected chi connectivity index (χ1v) is 9.77. The SMILES string of the molecule is O=C(c1ccc(OCC(O)Cc2nnn[nH]2)cc1)N1CCC(c2ccc(F)cc2)C1. The quantitative estimate of drug-likeness (QED) is 0.616. The topological polar surface area (TPSA) is 104 Å². The molecule has 4 rings (SSSR count). The number of likely N-dealkylation sites (tertiary alicyclic amines) is 1. The second-order valence-electron chi connectivity index (χ2n) is 7.33. The monoisotopic (exact) mass is 411 g/mol. The summed E-state index contributed by atoms with van der Waals surface area (Å²) in [7, 11) is 0. The van der Waals surface area contributed by atoms with E-state index in [1.807, 2.05) is 4.90 Å². The Labute approximate surface area is 172 Å². The molecular weight excluding hydrogens is 389 g/mol. The Morgan fingerprint density at radius 2 is 2.00 bits per heavy atom. The van der Waals surface area contributed by atoms with Gasteiger partial charge in [-0.15, -0.1) is 5.10 Å². The Balaban J connectivity index is 1.29. The zero-order chi connectivity index (χ0) is 20.9. The molecule has 0 aliphatic carbocycles. The maximum Gasteiger partial charge on any atom is 0.253 e. The fourth-order valence-corrected chi connectivity index (χ4v) is 3.57. The van der Waals surface area contributed by atoms with Gasteiger partial charge in [0.05, 0.1) is 6.10 Å². The number of ether oxygens (including phenoxy) is 1. The number of aliphatic hydroxyl groups excluding tert-OH is 1. The van der Waals surface area contributed by atoms with Crippen LogP contribution in [0.1, 0.15) is 34.1 Å². The summed E-state index contributed by atoms with van der Waals surface area (Å²) in [4.78, 5) is 14.6. The van der Waals surface area contributed by atoms with Crippen molar-refractivity contribution in [3.63, 3.8) is 0 Å². The highest BCUT2D eigenvalue weighted by Crippen LogP contribution is 2.28. The molecular formula is C21H22FN5O3. The number of aromatic nitrogens is 4. The molecule has 0 spiro atoms. The number of amides is 1. The van der Waals surface area contributed by atoms with Crippen molar-refractivity contribution in [3.05, 3.63) is 71.3 Å². The van der Waals surface area contributed by atoms with Gasteiger partial charge in [-0.05, 0) is 58.8 Å². The van der Waals surface area contributed by atoms with E-state index in [4.69, 9.17) is 4.74 Å². The van der Waals surface area contributed by atoms with Crippen molar-refractivity contribution in [1.82, 2.24) is 25.5 Å². The average Bonchev–Trinajstić information content (AvgIpc) is 3.45. The van der Waals surface area contributed by atoms with Gasteiger partial charge in [0.2, 0.25) is 0 Å². The Bertz CT molecular complexity index is 963. The third kappa shape index (κ3) is 4.80. The number of aromatic amines is 1. The molecule has 1 aliphatic heterocycles. The molecule has 2 atom stereocenters. The number of aliphatic hydroxyl groups is 1. The molecule has 2 N–H and O–H groups in total. The first kappa shape index (κ1) is 20.0. The third-order valence-corrected chi connectivity index (χ3v) is 5.18. The van der Waals surface area contributed by atoms with E-state index >= 15 is 0 Å². The first-order valence-electron chi connectivity index (χ1n) is 9.77. The van der Waals surface area contributed by atoms with Crippen molar-refractivity contribution in [2.45, 2.75) is 24.9 Å². The summed E-state index contributed by atoms with van der Waals surface area (Å²) in [6.45, 7) is 1.37. The van der Waals surface area contributed by atoms with E-state index < -0.39 is 6.10 Å². The standard InChI is InChI=1S/C21H22FN5O3/c22-17-5-1-14(2-6-17)16-9-10-27(12-16)21(29)15-3-7-19(8-4-15)30-13-18(28)11-20-23-25-26-24-20/h1-8,16,18,28H,9-13H2,(H,23,24,25,26). The Morgan fingerprint density at radius 3 is 2.70 bits per heavy atom. The minimum atomic E-state index is -0.756. The van der Waals surface area contributed by atoms with Crippen LogP contribution in [0.2, 0.25) is 0 Å². The molecule has 2 unspecified atom stereocenters. The molecule has 3 aromatic rings. The second kappa shape index (κ2) is 9.00. The van der Waals surface area contributed by atoms with Gasteiger partial charge in [-0.25, -0.2) is 9.49 Å². The Kier molecular flexibility index (Phi) is 5.99. The molecule has 2 aromatic carbocycles. The number of benzene rings is 2. The van der Waals surface area contributed by atoms with Crippen molar-refractivity contribution < 1.29 is 19.0 Å². The van der Waals surface area contributed by atoms with E-state index in [-0.39, 0.29) is 30.7 Å². The third-order valence-electron chi connectivity index (χ3n) is 5.18. The molecule has 1 fully saturated rings. The molecule has 0 radical (unpaired) electrons. The zero-order valence-electron chi connectivity index (χ0n) is 16.2. The van der Waals surface area contributed by atoms with E-state index in [2.05, 4.69) is 20.6 Å². The number of H-pyrrole nitrogens is 1. The highest BCUT2D eigenvalue weighted by atomic mass is 19.1. The van der Waals surface area contributed by atoms with Crippen LogP contribution in [0.4, 0.5) is 4.39 Å². The molecule has 0 saturated carbocycles. The smallest absolute Gasteiger partial charge is 0.253 e. The van der Waals surface area contributed by atoms with Gasteiger partial charge in [-0.1, -0.05) is 12.1 Å². The molecule has 1 aliphatic rings. The van der Waals surface area contributed by atoms with Gasteiger partial charge in [-0.3, -0.25) is 4.79 Å². The zero-order valence-corrected chi connectivity index (χ0v) is 16.2. The lowest BCUT2D eigenvalue weighted by Gasteiger charge is -2.17. The van der Waals surface area contributed by atoms with Gasteiger partial charge in [0.15, 0.2) is 5.82 Å². The molecule has 1 aromatic heterocycles. The van der Waals surface area contributed by atoms with Crippen molar-refractivity contribution in [3.8, 4) is 5.75 Å². The Hall–Kier alpha value is -3.33. The van der Waals surface area contributed by atoms with Gasteiger partial charge < -0.3 is 14.7 Å².